The third-order valence-corrected chi connectivity index (χ3v) is 8.22. The fourth-order valence-corrected chi connectivity index (χ4v) is 8.05. The lowest BCUT2D eigenvalue weighted by Crippen LogP contribution is -2.37. The molecule has 0 amide bonds. The Morgan fingerprint density at radius 3 is 2.86 bits per heavy atom. The van der Waals surface area contributed by atoms with Crippen molar-refractivity contribution >= 4 is 21.7 Å². The van der Waals surface area contributed by atoms with Gasteiger partial charge in [-0.05, 0) is 41.4 Å². The van der Waals surface area contributed by atoms with Gasteiger partial charge in [-0.25, -0.2) is 0 Å². The van der Waals surface area contributed by atoms with Gasteiger partial charge in [-0.15, -0.1) is 0 Å². The van der Waals surface area contributed by atoms with Crippen LogP contribution in [0, 0.1) is 46.8 Å². The van der Waals surface area contributed by atoms with Crippen molar-refractivity contribution in [3.63, 3.8) is 0 Å². The lowest BCUT2D eigenvalue weighted by atomic mass is 9.64. The molecule has 1 nitrogen and oxygen atoms in total. The molecule has 0 aromatic carbocycles. The third-order valence-electron chi connectivity index (χ3n) is 6.63. The molecule has 6 rings (SSSR count). The third kappa shape index (κ3) is 0.391. The van der Waals surface area contributed by atoms with E-state index in [0.29, 0.717) is 27.9 Å². The Kier molecular flexibility index (Phi) is 0.883. The molecule has 0 spiro atoms. The van der Waals surface area contributed by atoms with E-state index in [0.717, 1.165) is 29.6 Å². The van der Waals surface area contributed by atoms with Gasteiger partial charge in [0.1, 0.15) is 5.78 Å². The van der Waals surface area contributed by atoms with Gasteiger partial charge in [-0.1, -0.05) is 22.9 Å². The SMILES string of the molecule is CC12C3C(=O)C4C5CC(C(C53)[C@@H]1Br)C42. The summed E-state index contributed by atoms with van der Waals surface area (Å²) in [5, 5.41) is 0. The van der Waals surface area contributed by atoms with Crippen LogP contribution in [0.25, 0.3) is 0 Å². The summed E-state index contributed by atoms with van der Waals surface area (Å²) in [6.45, 7) is 2.40. The summed E-state index contributed by atoms with van der Waals surface area (Å²) in [5.74, 6) is 5.85. The van der Waals surface area contributed by atoms with Crippen LogP contribution < -0.4 is 0 Å². The molecule has 6 saturated carbocycles. The molecule has 0 N–H and O–H groups in total. The van der Waals surface area contributed by atoms with E-state index in [-0.39, 0.29) is 0 Å². The second kappa shape index (κ2) is 1.66. The van der Waals surface area contributed by atoms with Gasteiger partial charge in [-0.3, -0.25) is 4.79 Å². The number of alkyl halides is 1. The Morgan fingerprint density at radius 2 is 2.14 bits per heavy atom. The van der Waals surface area contributed by atoms with Crippen LogP contribution in [0.2, 0.25) is 0 Å². The average molecular weight is 253 g/mol. The molecule has 0 aliphatic heterocycles. The molecule has 0 aromatic heterocycles. The molecule has 9 atom stereocenters. The van der Waals surface area contributed by atoms with Gasteiger partial charge in [0.05, 0.1) is 0 Å². The van der Waals surface area contributed by atoms with E-state index in [1.807, 2.05) is 0 Å². The Hall–Kier alpha value is 0.150. The topological polar surface area (TPSA) is 17.1 Å². The number of rotatable bonds is 0. The molecule has 0 aromatic rings. The molecule has 0 saturated heterocycles. The maximum Gasteiger partial charge on any atom is 0.140 e. The van der Waals surface area contributed by atoms with Crippen LogP contribution in [-0.4, -0.2) is 10.6 Å². The lowest BCUT2D eigenvalue weighted by molar-refractivity contribution is -0.122. The highest BCUT2D eigenvalue weighted by molar-refractivity contribution is 9.09. The summed E-state index contributed by atoms with van der Waals surface area (Å²) in [5.41, 5.74) is 0.370. The van der Waals surface area contributed by atoms with E-state index in [9.17, 15) is 4.79 Å². The number of ketones is 1. The van der Waals surface area contributed by atoms with Gasteiger partial charge in [0, 0.05) is 16.7 Å². The van der Waals surface area contributed by atoms with Crippen LogP contribution in [0.5, 0.6) is 0 Å². The quantitative estimate of drug-likeness (QED) is 0.604. The normalized spacial score (nSPS) is 80.3. The van der Waals surface area contributed by atoms with Crippen molar-refractivity contribution in [3.8, 4) is 0 Å². The maximum absolute atomic E-state index is 12.2. The van der Waals surface area contributed by atoms with Gasteiger partial charge in [0.2, 0.25) is 0 Å². The highest BCUT2D eigenvalue weighted by Crippen LogP contribution is 2.86. The molecular formula is C12H13BrO. The molecule has 74 valence electrons. The predicted octanol–water partition coefficient (Wildman–Crippen LogP) is 2.10. The monoisotopic (exact) mass is 252 g/mol. The summed E-state index contributed by atoms with van der Waals surface area (Å²) >= 11 is 3.92. The number of hydrogen-bond acceptors (Lipinski definition) is 1. The smallest absolute Gasteiger partial charge is 0.140 e. The molecule has 0 radical (unpaired) electrons. The largest absolute Gasteiger partial charge is 0.299 e. The van der Waals surface area contributed by atoms with Crippen LogP contribution in [0.3, 0.4) is 0 Å². The molecule has 2 heteroatoms. The number of carbonyl (C=O) groups excluding carboxylic acids is 1. The molecule has 0 heterocycles. The first-order valence-electron chi connectivity index (χ1n) is 5.85. The summed E-state index contributed by atoms with van der Waals surface area (Å²) in [7, 11) is 0. The fourth-order valence-electron chi connectivity index (χ4n) is 6.72. The van der Waals surface area contributed by atoms with E-state index >= 15 is 0 Å². The number of hydrogen-bond donors (Lipinski definition) is 0. The zero-order chi connectivity index (χ0) is 9.40. The maximum atomic E-state index is 12.2. The fraction of sp³-hybridized carbons (Fsp3) is 0.917. The van der Waals surface area contributed by atoms with Gasteiger partial charge in [0.25, 0.3) is 0 Å². The van der Waals surface area contributed by atoms with E-state index in [1.165, 1.54) is 6.42 Å². The Balaban J connectivity index is 1.92. The van der Waals surface area contributed by atoms with Gasteiger partial charge < -0.3 is 0 Å². The highest BCUT2D eigenvalue weighted by atomic mass is 79.9. The molecule has 6 fully saturated rings. The number of Topliss-reactive ketones (excluding diaryl/α,β-unsaturated/α-hetero) is 1. The van der Waals surface area contributed by atoms with Crippen molar-refractivity contribution in [1.82, 2.24) is 0 Å². The van der Waals surface area contributed by atoms with E-state index in [2.05, 4.69) is 22.9 Å². The Bertz CT molecular complexity index is 390. The van der Waals surface area contributed by atoms with Gasteiger partial charge in [0.15, 0.2) is 0 Å². The highest BCUT2D eigenvalue weighted by Gasteiger charge is 2.87. The summed E-state index contributed by atoms with van der Waals surface area (Å²) < 4.78 is 0. The van der Waals surface area contributed by atoms with E-state index in [1.54, 1.807) is 0 Å². The van der Waals surface area contributed by atoms with Crippen LogP contribution >= 0.6 is 15.9 Å². The number of halogens is 1. The summed E-state index contributed by atoms with van der Waals surface area (Å²) in [4.78, 5) is 12.9. The first-order chi connectivity index (χ1) is 6.67. The van der Waals surface area contributed by atoms with Crippen molar-refractivity contribution in [3.05, 3.63) is 0 Å². The van der Waals surface area contributed by atoms with Crippen molar-refractivity contribution in [1.29, 1.82) is 0 Å². The van der Waals surface area contributed by atoms with Gasteiger partial charge in [-0.2, -0.15) is 0 Å². The lowest BCUT2D eigenvalue weighted by Gasteiger charge is -2.38. The zero-order valence-corrected chi connectivity index (χ0v) is 9.70. The minimum absolute atomic E-state index is 0.370. The van der Waals surface area contributed by atoms with Crippen molar-refractivity contribution in [2.24, 2.45) is 46.8 Å². The second-order valence-corrected chi connectivity index (χ2v) is 7.40. The minimum atomic E-state index is 0.370. The average Bonchev–Trinajstić information content (AvgIpc) is 2.81. The predicted molar refractivity (Wildman–Crippen MR) is 54.9 cm³/mol. The first-order valence-corrected chi connectivity index (χ1v) is 6.76. The Labute approximate surface area is 91.8 Å². The minimum Gasteiger partial charge on any atom is -0.299 e. The Morgan fingerprint density at radius 1 is 1.36 bits per heavy atom. The first kappa shape index (κ1) is 7.43. The van der Waals surface area contributed by atoms with E-state index < -0.39 is 0 Å². The number of carbonyl (C=O) groups is 1. The molecule has 6 aliphatic carbocycles. The van der Waals surface area contributed by atoms with Crippen molar-refractivity contribution < 1.29 is 4.79 Å². The second-order valence-electron chi connectivity index (χ2n) is 6.42. The molecule has 8 unspecified atom stereocenters. The standard InChI is InChI=1S/C12H13BrO/c1-12-8-4-2-3-5(6(4)11(12)13)9(12)10(14)7(3)8/h3-9,11H,2H2,1H3/t3?,4?,5?,6?,7?,8?,9?,11-,12?/m0/s1. The molecule has 6 aliphatic rings. The molecular weight excluding hydrogens is 240 g/mol. The molecule has 6 bridgehead atoms. The summed E-state index contributed by atoms with van der Waals surface area (Å²) in [6, 6.07) is 0. The van der Waals surface area contributed by atoms with Crippen LogP contribution in [0.4, 0.5) is 0 Å². The van der Waals surface area contributed by atoms with Crippen LogP contribution in [-0.2, 0) is 4.79 Å². The van der Waals surface area contributed by atoms with Crippen molar-refractivity contribution in [2.45, 2.75) is 18.2 Å². The van der Waals surface area contributed by atoms with Crippen LogP contribution in [0.15, 0.2) is 0 Å². The zero-order valence-electron chi connectivity index (χ0n) is 8.11. The van der Waals surface area contributed by atoms with Gasteiger partial charge >= 0.3 is 0 Å². The van der Waals surface area contributed by atoms with Crippen LogP contribution in [0.1, 0.15) is 13.3 Å². The van der Waals surface area contributed by atoms with E-state index in [4.69, 9.17) is 0 Å². The molecule has 14 heavy (non-hydrogen) atoms. The van der Waals surface area contributed by atoms with Crippen molar-refractivity contribution in [2.75, 3.05) is 0 Å². The summed E-state index contributed by atoms with van der Waals surface area (Å²) in [6.07, 6.45) is 1.39.